The molecule has 2 rings (SSSR count). The highest BCUT2D eigenvalue weighted by molar-refractivity contribution is 5.89. The zero-order chi connectivity index (χ0) is 13.0. The second-order valence-corrected chi connectivity index (χ2v) is 3.61. The summed E-state index contributed by atoms with van der Waals surface area (Å²) in [7, 11) is 0. The van der Waals surface area contributed by atoms with Crippen molar-refractivity contribution < 1.29 is 0 Å². The fourth-order valence-electron chi connectivity index (χ4n) is 1.47. The molecule has 2 aromatic heterocycles. The lowest BCUT2D eigenvalue weighted by Gasteiger charge is -2.09. The highest BCUT2D eigenvalue weighted by Crippen LogP contribution is 2.15. The fourth-order valence-corrected chi connectivity index (χ4v) is 1.47. The molecule has 0 aliphatic carbocycles. The highest BCUT2D eigenvalue weighted by atomic mass is 15.0. The predicted molar refractivity (Wildman–Crippen MR) is 68.4 cm³/mol. The van der Waals surface area contributed by atoms with Crippen LogP contribution in [0.15, 0.2) is 18.7 Å². The molecule has 4 N–H and O–H groups in total. The molecule has 0 saturated heterocycles. The van der Waals surface area contributed by atoms with Crippen LogP contribution in [0.2, 0.25) is 0 Å². The maximum atomic E-state index is 7.30. The van der Waals surface area contributed by atoms with Gasteiger partial charge in [0.1, 0.15) is 18.0 Å². The van der Waals surface area contributed by atoms with Crippen LogP contribution < -0.4 is 11.1 Å². The SMILES string of the molecule is Cc1nccnc1CNc1ncnc(N)c1C=N. The van der Waals surface area contributed by atoms with Crippen molar-refractivity contribution in [2.45, 2.75) is 13.5 Å². The lowest BCUT2D eigenvalue weighted by molar-refractivity contribution is 0.955. The van der Waals surface area contributed by atoms with Crippen molar-refractivity contribution in [2.75, 3.05) is 11.1 Å². The molecule has 92 valence electrons. The first-order valence-corrected chi connectivity index (χ1v) is 5.33. The molecule has 7 heteroatoms. The molecule has 7 nitrogen and oxygen atoms in total. The molecule has 2 aromatic rings. The van der Waals surface area contributed by atoms with Crippen LogP contribution in [-0.4, -0.2) is 26.2 Å². The maximum absolute atomic E-state index is 7.30. The maximum Gasteiger partial charge on any atom is 0.140 e. The van der Waals surface area contributed by atoms with E-state index < -0.39 is 0 Å². The van der Waals surface area contributed by atoms with E-state index in [0.717, 1.165) is 17.6 Å². The molecule has 0 aliphatic rings. The minimum atomic E-state index is 0.276. The third-order valence-corrected chi connectivity index (χ3v) is 2.47. The summed E-state index contributed by atoms with van der Waals surface area (Å²) in [5, 5.41) is 10.4. The molecule has 0 aromatic carbocycles. The summed E-state index contributed by atoms with van der Waals surface area (Å²) >= 11 is 0. The summed E-state index contributed by atoms with van der Waals surface area (Å²) in [6, 6.07) is 0. The average Bonchev–Trinajstić information content (AvgIpc) is 2.38. The minimum Gasteiger partial charge on any atom is -0.383 e. The second kappa shape index (κ2) is 5.17. The Morgan fingerprint density at radius 1 is 1.28 bits per heavy atom. The first kappa shape index (κ1) is 11.9. The number of rotatable bonds is 4. The van der Waals surface area contributed by atoms with Crippen LogP contribution in [0.3, 0.4) is 0 Å². The third kappa shape index (κ3) is 2.40. The zero-order valence-corrected chi connectivity index (χ0v) is 9.88. The van der Waals surface area contributed by atoms with Gasteiger partial charge in [-0.05, 0) is 6.92 Å². The van der Waals surface area contributed by atoms with E-state index in [4.69, 9.17) is 11.1 Å². The highest BCUT2D eigenvalue weighted by Gasteiger charge is 2.07. The van der Waals surface area contributed by atoms with E-state index in [1.54, 1.807) is 12.4 Å². The first-order chi connectivity index (χ1) is 8.72. The molecule has 2 heterocycles. The van der Waals surface area contributed by atoms with Gasteiger partial charge in [-0.2, -0.15) is 0 Å². The van der Waals surface area contributed by atoms with Gasteiger partial charge >= 0.3 is 0 Å². The van der Waals surface area contributed by atoms with E-state index in [0.29, 0.717) is 17.9 Å². The smallest absolute Gasteiger partial charge is 0.140 e. The Morgan fingerprint density at radius 3 is 2.78 bits per heavy atom. The predicted octanol–water partition coefficient (Wildman–Crippen LogP) is 0.767. The minimum absolute atomic E-state index is 0.276. The number of aromatic nitrogens is 4. The summed E-state index contributed by atoms with van der Waals surface area (Å²) in [6.45, 7) is 2.35. The largest absolute Gasteiger partial charge is 0.383 e. The lowest BCUT2D eigenvalue weighted by atomic mass is 10.2. The molecule has 18 heavy (non-hydrogen) atoms. The van der Waals surface area contributed by atoms with E-state index in [1.807, 2.05) is 6.92 Å². The van der Waals surface area contributed by atoms with Gasteiger partial charge in [0, 0.05) is 18.6 Å². The van der Waals surface area contributed by atoms with Gasteiger partial charge in [0.25, 0.3) is 0 Å². The van der Waals surface area contributed by atoms with Crippen molar-refractivity contribution >= 4 is 17.9 Å². The van der Waals surface area contributed by atoms with Gasteiger partial charge in [0.2, 0.25) is 0 Å². The van der Waals surface area contributed by atoms with E-state index in [9.17, 15) is 0 Å². The molecule has 0 aliphatic heterocycles. The molecule has 0 bridgehead atoms. The Hall–Kier alpha value is -2.57. The van der Waals surface area contributed by atoms with Gasteiger partial charge < -0.3 is 16.5 Å². The van der Waals surface area contributed by atoms with E-state index in [-0.39, 0.29) is 5.82 Å². The Balaban J connectivity index is 2.18. The Labute approximate surface area is 104 Å². The van der Waals surface area contributed by atoms with Gasteiger partial charge in [-0.25, -0.2) is 9.97 Å². The average molecular weight is 243 g/mol. The number of hydrogen-bond donors (Lipinski definition) is 3. The normalized spacial score (nSPS) is 10.1. The van der Waals surface area contributed by atoms with Gasteiger partial charge in [0.05, 0.1) is 23.5 Å². The number of aryl methyl sites for hydroxylation is 1. The van der Waals surface area contributed by atoms with Gasteiger partial charge in [-0.3, -0.25) is 9.97 Å². The van der Waals surface area contributed by atoms with Crippen LogP contribution in [-0.2, 0) is 6.54 Å². The fraction of sp³-hybridized carbons (Fsp3) is 0.182. The molecule has 0 saturated carbocycles. The quantitative estimate of drug-likeness (QED) is 0.683. The molecule has 0 spiro atoms. The van der Waals surface area contributed by atoms with Crippen LogP contribution in [0.4, 0.5) is 11.6 Å². The number of nitrogens with one attached hydrogen (secondary N) is 2. The summed E-state index contributed by atoms with van der Waals surface area (Å²) in [4.78, 5) is 16.2. The Bertz CT molecular complexity index is 567. The van der Waals surface area contributed by atoms with Crippen molar-refractivity contribution in [1.82, 2.24) is 19.9 Å². The standard InChI is InChI=1S/C11H13N7/c1-7-9(15-3-2-14-7)5-16-11-8(4-12)10(13)17-6-18-11/h2-4,6,12H,5H2,1H3,(H3,13,16,17,18). The van der Waals surface area contributed by atoms with Gasteiger partial charge in [-0.1, -0.05) is 0 Å². The van der Waals surface area contributed by atoms with Crippen molar-refractivity contribution in [3.63, 3.8) is 0 Å². The van der Waals surface area contributed by atoms with Crippen LogP contribution >= 0.6 is 0 Å². The first-order valence-electron chi connectivity index (χ1n) is 5.33. The molecule has 0 amide bonds. The van der Waals surface area contributed by atoms with Crippen LogP contribution in [0.1, 0.15) is 17.0 Å². The molecule has 0 fully saturated rings. The molecular formula is C11H13N7. The van der Waals surface area contributed by atoms with E-state index >= 15 is 0 Å². The van der Waals surface area contributed by atoms with Crippen LogP contribution in [0, 0.1) is 12.3 Å². The Kier molecular flexibility index (Phi) is 3.42. The monoisotopic (exact) mass is 243 g/mol. The van der Waals surface area contributed by atoms with E-state index in [1.165, 1.54) is 6.33 Å². The summed E-state index contributed by atoms with van der Waals surface area (Å²) < 4.78 is 0. The number of nitrogen functional groups attached to an aromatic ring is 1. The number of anilines is 2. The second-order valence-electron chi connectivity index (χ2n) is 3.61. The van der Waals surface area contributed by atoms with Crippen LogP contribution in [0.25, 0.3) is 0 Å². The number of nitrogens with zero attached hydrogens (tertiary/aromatic N) is 4. The van der Waals surface area contributed by atoms with Crippen molar-refractivity contribution in [1.29, 1.82) is 5.41 Å². The summed E-state index contributed by atoms with van der Waals surface area (Å²) in [5.41, 5.74) is 7.81. The molecule has 0 unspecified atom stereocenters. The van der Waals surface area contributed by atoms with Crippen molar-refractivity contribution in [3.05, 3.63) is 35.7 Å². The summed E-state index contributed by atoms with van der Waals surface area (Å²) in [6.07, 6.45) is 5.76. The third-order valence-electron chi connectivity index (χ3n) is 2.47. The Morgan fingerprint density at radius 2 is 2.06 bits per heavy atom. The topological polar surface area (TPSA) is 113 Å². The van der Waals surface area contributed by atoms with Gasteiger partial charge in [-0.15, -0.1) is 0 Å². The zero-order valence-electron chi connectivity index (χ0n) is 9.88. The van der Waals surface area contributed by atoms with Gasteiger partial charge in [0.15, 0.2) is 0 Å². The van der Waals surface area contributed by atoms with Crippen molar-refractivity contribution in [3.8, 4) is 0 Å². The van der Waals surface area contributed by atoms with Crippen molar-refractivity contribution in [2.24, 2.45) is 0 Å². The lowest BCUT2D eigenvalue weighted by Crippen LogP contribution is -2.10. The molecular weight excluding hydrogens is 230 g/mol. The molecule has 0 atom stereocenters. The number of hydrogen-bond acceptors (Lipinski definition) is 7. The molecule has 0 radical (unpaired) electrons. The number of nitrogens with two attached hydrogens (primary N) is 1. The van der Waals surface area contributed by atoms with Crippen LogP contribution in [0.5, 0.6) is 0 Å². The summed E-state index contributed by atoms with van der Waals surface area (Å²) in [5.74, 6) is 0.793. The van der Waals surface area contributed by atoms with E-state index in [2.05, 4.69) is 25.3 Å².